The predicted molar refractivity (Wildman–Crippen MR) is 63.6 cm³/mol. The second-order valence-electron chi connectivity index (χ2n) is 4.16. The first-order valence-electron chi connectivity index (χ1n) is 5.49. The van der Waals surface area contributed by atoms with E-state index in [1.165, 1.54) is 6.92 Å². The van der Waals surface area contributed by atoms with Crippen molar-refractivity contribution in [2.24, 2.45) is 0 Å². The molecule has 1 atom stereocenters. The van der Waals surface area contributed by atoms with E-state index in [0.29, 0.717) is 11.7 Å². The molecule has 0 radical (unpaired) electrons. The zero-order chi connectivity index (χ0) is 12.4. The van der Waals surface area contributed by atoms with Gasteiger partial charge in [-0.15, -0.1) is 0 Å². The Bertz CT molecular complexity index is 546. The van der Waals surface area contributed by atoms with Crippen molar-refractivity contribution < 1.29 is 9.32 Å². The molecular weight excluding hydrogens is 216 g/mol. The third-order valence-electron chi connectivity index (χ3n) is 2.70. The van der Waals surface area contributed by atoms with Gasteiger partial charge in [-0.3, -0.25) is 4.79 Å². The predicted octanol–water partition coefficient (Wildman–Crippen LogP) is 2.74. The molecule has 0 N–H and O–H groups in total. The molecule has 1 unspecified atom stereocenters. The number of hydrogen-bond donors (Lipinski definition) is 0. The van der Waals surface area contributed by atoms with Gasteiger partial charge in [0.1, 0.15) is 5.78 Å². The number of benzene rings is 1. The van der Waals surface area contributed by atoms with Crippen LogP contribution in [-0.2, 0) is 4.79 Å². The number of rotatable bonds is 3. The summed E-state index contributed by atoms with van der Waals surface area (Å²) in [5, 5.41) is 3.89. The number of ketones is 1. The van der Waals surface area contributed by atoms with Crippen LogP contribution in [-0.4, -0.2) is 15.9 Å². The van der Waals surface area contributed by atoms with Crippen LogP contribution in [0.2, 0.25) is 0 Å². The van der Waals surface area contributed by atoms with E-state index in [9.17, 15) is 4.79 Å². The van der Waals surface area contributed by atoms with E-state index >= 15 is 0 Å². The van der Waals surface area contributed by atoms with Crippen LogP contribution in [0.25, 0.3) is 11.4 Å². The fraction of sp³-hybridized carbons (Fsp3) is 0.308. The Labute approximate surface area is 99.7 Å². The summed E-state index contributed by atoms with van der Waals surface area (Å²) in [7, 11) is 0. The van der Waals surface area contributed by atoms with Crippen molar-refractivity contribution in [2.45, 2.75) is 26.7 Å². The molecule has 88 valence electrons. The van der Waals surface area contributed by atoms with Crippen LogP contribution < -0.4 is 0 Å². The molecule has 0 aliphatic heterocycles. The molecule has 0 saturated heterocycles. The maximum Gasteiger partial charge on any atom is 0.237 e. The molecule has 2 rings (SSSR count). The van der Waals surface area contributed by atoms with Gasteiger partial charge in [-0.25, -0.2) is 0 Å². The molecule has 1 aromatic heterocycles. The van der Waals surface area contributed by atoms with Gasteiger partial charge in [0.25, 0.3) is 0 Å². The van der Waals surface area contributed by atoms with Gasteiger partial charge in [0, 0.05) is 5.56 Å². The van der Waals surface area contributed by atoms with Gasteiger partial charge in [-0.2, -0.15) is 4.98 Å². The molecule has 4 heteroatoms. The standard InChI is InChI=1S/C13H14N2O2/c1-8-5-4-6-11(7-8)12-14-13(17-15-12)9(2)10(3)16/h4-7,9H,1-3H3. The van der Waals surface area contributed by atoms with E-state index in [0.717, 1.165) is 11.1 Å². The molecule has 4 nitrogen and oxygen atoms in total. The third kappa shape index (κ3) is 2.41. The number of aryl methyl sites for hydroxylation is 1. The van der Waals surface area contributed by atoms with Crippen molar-refractivity contribution in [1.82, 2.24) is 10.1 Å². The monoisotopic (exact) mass is 230 g/mol. The van der Waals surface area contributed by atoms with Crippen LogP contribution >= 0.6 is 0 Å². The second kappa shape index (κ2) is 4.49. The number of hydrogen-bond acceptors (Lipinski definition) is 4. The van der Waals surface area contributed by atoms with E-state index < -0.39 is 0 Å². The zero-order valence-corrected chi connectivity index (χ0v) is 10.1. The molecule has 0 amide bonds. The molecule has 2 aromatic rings. The first-order valence-corrected chi connectivity index (χ1v) is 5.49. The van der Waals surface area contributed by atoms with Gasteiger partial charge < -0.3 is 4.52 Å². The summed E-state index contributed by atoms with van der Waals surface area (Å²) < 4.78 is 5.10. The van der Waals surface area contributed by atoms with Crippen molar-refractivity contribution in [2.75, 3.05) is 0 Å². The van der Waals surface area contributed by atoms with Crippen LogP contribution in [0.1, 0.15) is 31.2 Å². The SMILES string of the molecule is CC(=O)C(C)c1nc(-c2cccc(C)c2)no1. The lowest BCUT2D eigenvalue weighted by Crippen LogP contribution is -2.04. The molecule has 1 heterocycles. The van der Waals surface area contributed by atoms with Gasteiger partial charge >= 0.3 is 0 Å². The topological polar surface area (TPSA) is 56.0 Å². The average molecular weight is 230 g/mol. The average Bonchev–Trinajstić information content (AvgIpc) is 2.77. The molecule has 0 spiro atoms. The lowest BCUT2D eigenvalue weighted by Gasteiger charge is -1.98. The minimum absolute atomic E-state index is 0.0180. The molecule has 1 aromatic carbocycles. The largest absolute Gasteiger partial charge is 0.338 e. The number of nitrogens with zero attached hydrogens (tertiary/aromatic N) is 2. The smallest absolute Gasteiger partial charge is 0.237 e. The molecule has 0 bridgehead atoms. The summed E-state index contributed by atoms with van der Waals surface area (Å²) in [6, 6.07) is 7.84. The summed E-state index contributed by atoms with van der Waals surface area (Å²) in [5.41, 5.74) is 2.03. The van der Waals surface area contributed by atoms with Crippen LogP contribution in [0.15, 0.2) is 28.8 Å². The molecule has 0 aliphatic rings. The highest BCUT2D eigenvalue weighted by Crippen LogP contribution is 2.20. The normalized spacial score (nSPS) is 12.4. The summed E-state index contributed by atoms with van der Waals surface area (Å²) in [6.45, 7) is 5.28. The maximum absolute atomic E-state index is 11.2. The minimum atomic E-state index is -0.346. The van der Waals surface area contributed by atoms with Gasteiger partial charge in [-0.1, -0.05) is 28.9 Å². The van der Waals surface area contributed by atoms with E-state index in [1.54, 1.807) is 6.92 Å². The van der Waals surface area contributed by atoms with Gasteiger partial charge in [-0.05, 0) is 26.8 Å². The van der Waals surface area contributed by atoms with Crippen molar-refractivity contribution in [1.29, 1.82) is 0 Å². The fourth-order valence-electron chi connectivity index (χ4n) is 1.49. The Hall–Kier alpha value is -1.97. The van der Waals surface area contributed by atoms with Gasteiger partial charge in [0.05, 0.1) is 5.92 Å². The summed E-state index contributed by atoms with van der Waals surface area (Å²) in [5.74, 6) is 0.566. The highest BCUT2D eigenvalue weighted by molar-refractivity contribution is 5.81. The summed E-state index contributed by atoms with van der Waals surface area (Å²) in [4.78, 5) is 15.5. The Morgan fingerprint density at radius 3 is 2.82 bits per heavy atom. The first-order chi connectivity index (χ1) is 8.08. The molecular formula is C13H14N2O2. The van der Waals surface area contributed by atoms with Crippen LogP contribution in [0, 0.1) is 6.92 Å². The van der Waals surface area contributed by atoms with E-state index in [1.807, 2.05) is 31.2 Å². The summed E-state index contributed by atoms with van der Waals surface area (Å²) in [6.07, 6.45) is 0. The number of aromatic nitrogens is 2. The second-order valence-corrected chi connectivity index (χ2v) is 4.16. The van der Waals surface area contributed by atoms with Crippen LogP contribution in [0.4, 0.5) is 0 Å². The molecule has 0 aliphatic carbocycles. The number of carbonyl (C=O) groups excluding carboxylic acids is 1. The lowest BCUT2D eigenvalue weighted by molar-refractivity contribution is -0.118. The van der Waals surface area contributed by atoms with Crippen LogP contribution in [0.5, 0.6) is 0 Å². The Morgan fingerprint density at radius 2 is 2.18 bits per heavy atom. The minimum Gasteiger partial charge on any atom is -0.338 e. The van der Waals surface area contributed by atoms with E-state index in [4.69, 9.17) is 4.52 Å². The van der Waals surface area contributed by atoms with Crippen molar-refractivity contribution in [3.05, 3.63) is 35.7 Å². The Morgan fingerprint density at radius 1 is 1.41 bits per heavy atom. The van der Waals surface area contributed by atoms with E-state index in [-0.39, 0.29) is 11.7 Å². The third-order valence-corrected chi connectivity index (χ3v) is 2.70. The molecule has 17 heavy (non-hydrogen) atoms. The number of Topliss-reactive ketones (excluding diaryl/α,β-unsaturated/α-hetero) is 1. The van der Waals surface area contributed by atoms with Gasteiger partial charge in [0.15, 0.2) is 0 Å². The fourth-order valence-corrected chi connectivity index (χ4v) is 1.49. The van der Waals surface area contributed by atoms with Crippen molar-refractivity contribution in [3.8, 4) is 11.4 Å². The lowest BCUT2D eigenvalue weighted by atomic mass is 10.1. The summed E-state index contributed by atoms with van der Waals surface area (Å²) >= 11 is 0. The number of carbonyl (C=O) groups is 1. The van der Waals surface area contributed by atoms with Gasteiger partial charge in [0.2, 0.25) is 11.7 Å². The Kier molecular flexibility index (Phi) is 3.04. The highest BCUT2D eigenvalue weighted by atomic mass is 16.5. The van der Waals surface area contributed by atoms with E-state index in [2.05, 4.69) is 10.1 Å². The zero-order valence-electron chi connectivity index (χ0n) is 10.1. The quantitative estimate of drug-likeness (QED) is 0.813. The van der Waals surface area contributed by atoms with Crippen molar-refractivity contribution >= 4 is 5.78 Å². The van der Waals surface area contributed by atoms with Crippen LogP contribution in [0.3, 0.4) is 0 Å². The maximum atomic E-state index is 11.2. The Balaban J connectivity index is 2.33. The first kappa shape index (κ1) is 11.5. The van der Waals surface area contributed by atoms with Crippen molar-refractivity contribution in [3.63, 3.8) is 0 Å². The molecule has 0 fully saturated rings. The molecule has 0 saturated carbocycles. The highest BCUT2D eigenvalue weighted by Gasteiger charge is 2.18.